The number of nitrogens with zero attached hydrogens (tertiary/aromatic N) is 5. The maximum Gasteiger partial charge on any atom is 0.460 e. The fourth-order valence-corrected chi connectivity index (χ4v) is 4.26. The molecule has 208 valence electrons. The molecule has 0 unspecified atom stereocenters. The summed E-state index contributed by atoms with van der Waals surface area (Å²) in [6, 6.07) is 2.73. The molecule has 1 amide bonds. The van der Waals surface area contributed by atoms with E-state index in [1.165, 1.54) is 6.07 Å². The molecule has 0 atom stereocenters. The van der Waals surface area contributed by atoms with Crippen LogP contribution in [-0.2, 0) is 23.8 Å². The molecule has 1 aromatic carbocycles. The van der Waals surface area contributed by atoms with E-state index in [0.717, 1.165) is 23.9 Å². The van der Waals surface area contributed by atoms with Crippen molar-refractivity contribution in [1.29, 1.82) is 0 Å². The Morgan fingerprint density at radius 2 is 1.85 bits per heavy atom. The van der Waals surface area contributed by atoms with Crippen LogP contribution in [0.4, 0.5) is 46.6 Å². The van der Waals surface area contributed by atoms with Crippen molar-refractivity contribution in [1.82, 2.24) is 19.7 Å². The van der Waals surface area contributed by atoms with Crippen LogP contribution in [0.1, 0.15) is 21.7 Å². The molecule has 3 aromatic rings. The zero-order valence-electron chi connectivity index (χ0n) is 18.8. The van der Waals surface area contributed by atoms with Crippen molar-refractivity contribution in [3.05, 3.63) is 63.3 Å². The summed E-state index contributed by atoms with van der Waals surface area (Å²) in [6.45, 7) is 0.857. The first-order valence-electron chi connectivity index (χ1n) is 10.4. The number of ether oxygens (including phenoxy) is 1. The van der Waals surface area contributed by atoms with Gasteiger partial charge in [-0.2, -0.15) is 30.7 Å². The molecule has 2 aromatic heterocycles. The number of hydrogen-bond acceptors (Lipinski definition) is 8. The van der Waals surface area contributed by atoms with Crippen LogP contribution >= 0.6 is 11.8 Å². The lowest BCUT2D eigenvalue weighted by Crippen LogP contribution is -2.50. The third kappa shape index (κ3) is 5.22. The number of alkyl halides is 7. The smallest absolute Gasteiger partial charge is 0.372 e. The number of nitro groups is 1. The van der Waals surface area contributed by atoms with Gasteiger partial charge in [0.25, 0.3) is 11.6 Å². The minimum atomic E-state index is -6.66. The van der Waals surface area contributed by atoms with Crippen LogP contribution in [0.5, 0.6) is 0 Å². The third-order valence-electron chi connectivity index (χ3n) is 5.29. The Balaban J connectivity index is 1.64. The molecule has 1 aliphatic heterocycles. The van der Waals surface area contributed by atoms with Crippen LogP contribution in [0.25, 0.3) is 0 Å². The molecule has 0 spiro atoms. The highest BCUT2D eigenvalue weighted by atomic mass is 32.2. The lowest BCUT2D eigenvalue weighted by atomic mass is 10.0. The first kappa shape index (κ1) is 28.1. The number of anilines is 1. The molecular weight excluding hydrogens is 572 g/mol. The molecule has 0 fully saturated rings. The Bertz CT molecular complexity index is 1450. The number of carbonyl (C=O) groups excluding carboxylic acids is 1. The van der Waals surface area contributed by atoms with Gasteiger partial charge in [-0.25, -0.2) is 9.37 Å². The third-order valence-corrected chi connectivity index (χ3v) is 6.35. The number of non-ortho nitro benzene ring substituents is 1. The highest BCUT2D eigenvalue weighted by Gasteiger charge is 2.73. The zero-order chi connectivity index (χ0) is 28.8. The van der Waals surface area contributed by atoms with Crippen molar-refractivity contribution >= 4 is 29.2 Å². The summed E-state index contributed by atoms with van der Waals surface area (Å²) in [4.78, 5) is 26.4. The monoisotopic (exact) mass is 584 g/mol. The van der Waals surface area contributed by atoms with Crippen LogP contribution in [-0.4, -0.2) is 49.3 Å². The van der Waals surface area contributed by atoms with E-state index in [1.54, 1.807) is 4.57 Å². The van der Waals surface area contributed by atoms with Crippen molar-refractivity contribution in [3.8, 4) is 0 Å². The summed E-state index contributed by atoms with van der Waals surface area (Å²) in [7, 11) is 0. The highest BCUT2D eigenvalue weighted by molar-refractivity contribution is 7.99. The predicted octanol–water partition coefficient (Wildman–Crippen LogP) is 4.94. The molecule has 4 rings (SSSR count). The molecule has 1 aliphatic rings. The quantitative estimate of drug-likeness (QED) is 0.235. The summed E-state index contributed by atoms with van der Waals surface area (Å²) in [6.07, 6.45) is -6.82. The van der Waals surface area contributed by atoms with Crippen molar-refractivity contribution in [2.24, 2.45) is 0 Å². The summed E-state index contributed by atoms with van der Waals surface area (Å²) in [5.41, 5.74) is -3.08. The molecule has 0 saturated carbocycles. The van der Waals surface area contributed by atoms with E-state index < -0.39 is 57.3 Å². The van der Waals surface area contributed by atoms with Crippen LogP contribution in [0.2, 0.25) is 0 Å². The SMILES string of the molecule is O=C(Nc1ncc(C(F)(F)C(F)(F)C(F)(F)F)cc1F)c1cc([N+](=O)[O-])ccc1Sc1nnc2n1CCOC2. The molecule has 0 bridgehead atoms. The second kappa shape index (κ2) is 10.0. The number of pyridine rings is 1. The molecule has 0 aliphatic carbocycles. The molecule has 3 heterocycles. The van der Waals surface area contributed by atoms with Gasteiger partial charge in [0.05, 0.1) is 17.1 Å². The van der Waals surface area contributed by atoms with Gasteiger partial charge in [0.1, 0.15) is 6.61 Å². The Labute approximate surface area is 215 Å². The number of nitrogens with one attached hydrogen (secondary N) is 1. The number of rotatable bonds is 7. The molecule has 10 nitrogen and oxygen atoms in total. The number of nitro benzene ring substituents is 1. The van der Waals surface area contributed by atoms with Crippen LogP contribution < -0.4 is 5.32 Å². The van der Waals surface area contributed by atoms with Gasteiger partial charge in [0.2, 0.25) is 0 Å². The fraction of sp³-hybridized carbons (Fsp3) is 0.300. The lowest BCUT2D eigenvalue weighted by molar-refractivity contribution is -0.384. The van der Waals surface area contributed by atoms with Crippen LogP contribution in [0.3, 0.4) is 0 Å². The Morgan fingerprint density at radius 1 is 1.13 bits per heavy atom. The first-order chi connectivity index (χ1) is 18.1. The lowest BCUT2D eigenvalue weighted by Gasteiger charge is -2.28. The van der Waals surface area contributed by atoms with Crippen LogP contribution in [0, 0.1) is 15.9 Å². The van der Waals surface area contributed by atoms with E-state index in [4.69, 9.17) is 4.74 Å². The number of carbonyl (C=O) groups is 1. The Hall–Kier alpha value is -3.87. The minimum Gasteiger partial charge on any atom is -0.372 e. The summed E-state index contributed by atoms with van der Waals surface area (Å²) in [5, 5.41) is 21.2. The van der Waals surface area contributed by atoms with Gasteiger partial charge in [-0.3, -0.25) is 14.9 Å². The topological polar surface area (TPSA) is 125 Å². The molecule has 39 heavy (non-hydrogen) atoms. The van der Waals surface area contributed by atoms with E-state index in [0.29, 0.717) is 19.0 Å². The summed E-state index contributed by atoms with van der Waals surface area (Å²) in [5.74, 6) is -16.2. The standard InChI is InChI=1S/C20H12F8N6O4S/c21-12-5-9(18(22,23)19(24,25)20(26,27)28)7-29-15(12)30-16(35)11-6-10(34(36)37)1-2-13(11)39-17-32-31-14-8-38-4-3-33(14)17/h1-2,5-7H,3-4,8H2,(H,29,30,35). The molecule has 0 saturated heterocycles. The maximum absolute atomic E-state index is 14.5. The van der Waals surface area contributed by atoms with Crippen molar-refractivity contribution in [2.45, 2.75) is 41.2 Å². The summed E-state index contributed by atoms with van der Waals surface area (Å²) < 4.78 is 113. The second-order valence-electron chi connectivity index (χ2n) is 7.80. The van der Waals surface area contributed by atoms with Gasteiger partial charge in [-0.1, -0.05) is 0 Å². The van der Waals surface area contributed by atoms with Crippen molar-refractivity contribution in [3.63, 3.8) is 0 Å². The average Bonchev–Trinajstić information content (AvgIpc) is 3.27. The van der Waals surface area contributed by atoms with Gasteiger partial charge < -0.3 is 14.6 Å². The Morgan fingerprint density at radius 3 is 2.49 bits per heavy atom. The average molecular weight is 584 g/mol. The molecule has 1 N–H and O–H groups in total. The fourth-order valence-electron chi connectivity index (χ4n) is 3.28. The van der Waals surface area contributed by atoms with Gasteiger partial charge >= 0.3 is 18.0 Å². The highest BCUT2D eigenvalue weighted by Crippen LogP contribution is 2.51. The van der Waals surface area contributed by atoms with E-state index >= 15 is 0 Å². The Kier molecular flexibility index (Phi) is 7.23. The van der Waals surface area contributed by atoms with E-state index in [1.807, 2.05) is 5.32 Å². The molecular formula is C20H12F8N6O4S. The van der Waals surface area contributed by atoms with Crippen molar-refractivity contribution in [2.75, 3.05) is 11.9 Å². The maximum atomic E-state index is 14.5. The van der Waals surface area contributed by atoms with Crippen LogP contribution in [0.15, 0.2) is 40.5 Å². The van der Waals surface area contributed by atoms with Crippen molar-refractivity contribution < 1.29 is 49.6 Å². The van der Waals surface area contributed by atoms with Gasteiger partial charge in [-0.15, -0.1) is 10.2 Å². The summed E-state index contributed by atoms with van der Waals surface area (Å²) >= 11 is 0.857. The number of benzene rings is 1. The number of hydrogen-bond donors (Lipinski definition) is 1. The minimum absolute atomic E-state index is 0.0631. The van der Waals surface area contributed by atoms with E-state index in [-0.39, 0.29) is 28.9 Å². The molecule has 0 radical (unpaired) electrons. The van der Waals surface area contributed by atoms with Gasteiger partial charge in [0, 0.05) is 35.3 Å². The number of aromatic nitrogens is 4. The largest absolute Gasteiger partial charge is 0.460 e. The molecule has 19 heteroatoms. The first-order valence-corrected chi connectivity index (χ1v) is 11.2. The second-order valence-corrected chi connectivity index (χ2v) is 8.81. The number of fused-ring (bicyclic) bond motifs is 1. The van der Waals surface area contributed by atoms with Gasteiger partial charge in [0.15, 0.2) is 22.6 Å². The normalized spacial score (nSPS) is 14.2. The predicted molar refractivity (Wildman–Crippen MR) is 114 cm³/mol. The number of halogens is 8. The number of amides is 1. The van der Waals surface area contributed by atoms with E-state index in [2.05, 4.69) is 15.2 Å². The zero-order valence-corrected chi connectivity index (χ0v) is 19.6. The van der Waals surface area contributed by atoms with Gasteiger partial charge in [-0.05, 0) is 23.9 Å². The van der Waals surface area contributed by atoms with E-state index in [9.17, 15) is 50.0 Å².